The van der Waals surface area contributed by atoms with E-state index < -0.39 is 0 Å². The summed E-state index contributed by atoms with van der Waals surface area (Å²) in [5.41, 5.74) is 0. The SMILES string of the molecule is OC1CCCC(C2CCCCN2)C1. The second-order valence-electron chi connectivity index (χ2n) is 4.64. The molecule has 0 amide bonds. The summed E-state index contributed by atoms with van der Waals surface area (Å²) >= 11 is 0. The van der Waals surface area contributed by atoms with Crippen molar-refractivity contribution in [2.24, 2.45) is 5.92 Å². The topological polar surface area (TPSA) is 32.3 Å². The molecule has 2 fully saturated rings. The van der Waals surface area contributed by atoms with Crippen LogP contribution >= 0.6 is 0 Å². The van der Waals surface area contributed by atoms with Gasteiger partial charge in [0.25, 0.3) is 0 Å². The second-order valence-corrected chi connectivity index (χ2v) is 4.64. The van der Waals surface area contributed by atoms with Crippen molar-refractivity contribution in [2.75, 3.05) is 6.54 Å². The van der Waals surface area contributed by atoms with Crippen LogP contribution in [0.3, 0.4) is 0 Å². The minimum absolute atomic E-state index is 0.0116. The average molecular weight is 183 g/mol. The first-order chi connectivity index (χ1) is 6.36. The molecule has 2 rings (SSSR count). The third kappa shape index (κ3) is 2.44. The Labute approximate surface area is 80.7 Å². The Morgan fingerprint density at radius 3 is 2.62 bits per heavy atom. The fourth-order valence-corrected chi connectivity index (χ4v) is 2.85. The zero-order valence-corrected chi connectivity index (χ0v) is 8.34. The lowest BCUT2D eigenvalue weighted by Gasteiger charge is -2.35. The first-order valence-corrected chi connectivity index (χ1v) is 5.78. The van der Waals surface area contributed by atoms with Gasteiger partial charge < -0.3 is 10.4 Å². The highest BCUT2D eigenvalue weighted by atomic mass is 16.3. The molecule has 2 aliphatic rings. The number of aliphatic hydroxyl groups excluding tert-OH is 1. The summed E-state index contributed by atoms with van der Waals surface area (Å²) in [6.07, 6.45) is 8.66. The lowest BCUT2D eigenvalue weighted by atomic mass is 9.80. The Morgan fingerprint density at radius 1 is 1.00 bits per heavy atom. The van der Waals surface area contributed by atoms with E-state index in [-0.39, 0.29) is 6.10 Å². The largest absolute Gasteiger partial charge is 0.393 e. The number of nitrogens with one attached hydrogen (secondary N) is 1. The van der Waals surface area contributed by atoms with E-state index in [9.17, 15) is 5.11 Å². The average Bonchev–Trinajstić information content (AvgIpc) is 2.19. The molecule has 0 spiro atoms. The predicted octanol–water partition coefficient (Wildman–Crippen LogP) is 1.68. The van der Waals surface area contributed by atoms with Crippen LogP contribution in [0.25, 0.3) is 0 Å². The molecule has 1 aliphatic carbocycles. The van der Waals surface area contributed by atoms with Crippen LogP contribution in [0.15, 0.2) is 0 Å². The fourth-order valence-electron chi connectivity index (χ4n) is 2.85. The number of aliphatic hydroxyl groups is 1. The van der Waals surface area contributed by atoms with Crippen molar-refractivity contribution in [3.8, 4) is 0 Å². The van der Waals surface area contributed by atoms with E-state index in [1.54, 1.807) is 0 Å². The Morgan fingerprint density at radius 2 is 1.92 bits per heavy atom. The highest BCUT2D eigenvalue weighted by Crippen LogP contribution is 2.29. The van der Waals surface area contributed by atoms with Crippen LogP contribution < -0.4 is 5.32 Å². The van der Waals surface area contributed by atoms with Crippen LogP contribution in [-0.2, 0) is 0 Å². The van der Waals surface area contributed by atoms with E-state index in [1.165, 1.54) is 38.6 Å². The first kappa shape index (κ1) is 9.47. The highest BCUT2D eigenvalue weighted by Gasteiger charge is 2.27. The Kier molecular flexibility index (Phi) is 3.23. The van der Waals surface area contributed by atoms with Crippen LogP contribution in [0.4, 0.5) is 0 Å². The van der Waals surface area contributed by atoms with Gasteiger partial charge in [0.15, 0.2) is 0 Å². The molecule has 0 radical (unpaired) electrons. The van der Waals surface area contributed by atoms with Crippen LogP contribution in [0.5, 0.6) is 0 Å². The van der Waals surface area contributed by atoms with Crippen molar-refractivity contribution < 1.29 is 5.11 Å². The molecule has 1 aliphatic heterocycles. The number of hydrogen-bond donors (Lipinski definition) is 2. The molecular weight excluding hydrogens is 162 g/mol. The van der Waals surface area contributed by atoms with Gasteiger partial charge in [0.05, 0.1) is 6.10 Å². The minimum atomic E-state index is -0.0116. The molecule has 1 saturated heterocycles. The summed E-state index contributed by atoms with van der Waals surface area (Å²) < 4.78 is 0. The zero-order valence-electron chi connectivity index (χ0n) is 8.34. The third-order valence-corrected chi connectivity index (χ3v) is 3.60. The second kappa shape index (κ2) is 4.43. The quantitative estimate of drug-likeness (QED) is 0.648. The van der Waals surface area contributed by atoms with Gasteiger partial charge in [-0.25, -0.2) is 0 Å². The molecule has 0 aromatic heterocycles. The van der Waals surface area contributed by atoms with E-state index in [1.807, 2.05) is 0 Å². The van der Waals surface area contributed by atoms with Gasteiger partial charge in [-0.2, -0.15) is 0 Å². The summed E-state index contributed by atoms with van der Waals surface area (Å²) in [7, 11) is 0. The molecule has 1 saturated carbocycles. The van der Waals surface area contributed by atoms with Crippen molar-refractivity contribution >= 4 is 0 Å². The van der Waals surface area contributed by atoms with E-state index >= 15 is 0 Å². The van der Waals surface area contributed by atoms with Gasteiger partial charge >= 0.3 is 0 Å². The molecule has 2 nitrogen and oxygen atoms in total. The molecule has 2 N–H and O–H groups in total. The molecule has 1 heterocycles. The molecule has 76 valence electrons. The molecule has 0 aromatic rings. The minimum Gasteiger partial charge on any atom is -0.393 e. The van der Waals surface area contributed by atoms with E-state index in [0.29, 0.717) is 6.04 Å². The van der Waals surface area contributed by atoms with Crippen LogP contribution in [0.1, 0.15) is 44.9 Å². The maximum Gasteiger partial charge on any atom is 0.0543 e. The van der Waals surface area contributed by atoms with Gasteiger partial charge in [0.2, 0.25) is 0 Å². The van der Waals surface area contributed by atoms with Gasteiger partial charge in [0.1, 0.15) is 0 Å². The lowest BCUT2D eigenvalue weighted by molar-refractivity contribution is 0.0822. The van der Waals surface area contributed by atoms with Gasteiger partial charge in [0, 0.05) is 6.04 Å². The standard InChI is InChI=1S/C11H21NO/c13-10-5-3-4-9(8-10)11-6-1-2-7-12-11/h9-13H,1-8H2. The van der Waals surface area contributed by atoms with Gasteiger partial charge in [-0.05, 0) is 44.6 Å². The Bertz CT molecular complexity index is 154. The third-order valence-electron chi connectivity index (χ3n) is 3.60. The molecule has 13 heavy (non-hydrogen) atoms. The van der Waals surface area contributed by atoms with Crippen LogP contribution in [0, 0.1) is 5.92 Å². The Balaban J connectivity index is 1.83. The zero-order chi connectivity index (χ0) is 9.10. The van der Waals surface area contributed by atoms with Gasteiger partial charge in [-0.15, -0.1) is 0 Å². The molecule has 2 heteroatoms. The molecular formula is C11H21NO. The van der Waals surface area contributed by atoms with Gasteiger partial charge in [-0.3, -0.25) is 0 Å². The number of piperidine rings is 1. The molecule has 3 atom stereocenters. The van der Waals surface area contributed by atoms with Crippen molar-refractivity contribution in [2.45, 2.75) is 57.1 Å². The fraction of sp³-hybridized carbons (Fsp3) is 1.00. The maximum atomic E-state index is 9.58. The monoisotopic (exact) mass is 183 g/mol. The Hall–Kier alpha value is -0.0800. The molecule has 0 aromatic carbocycles. The summed E-state index contributed by atoms with van der Waals surface area (Å²) in [6.45, 7) is 1.19. The van der Waals surface area contributed by atoms with Crippen molar-refractivity contribution in [3.05, 3.63) is 0 Å². The molecule has 3 unspecified atom stereocenters. The van der Waals surface area contributed by atoms with E-state index in [2.05, 4.69) is 5.32 Å². The number of rotatable bonds is 1. The van der Waals surface area contributed by atoms with E-state index in [4.69, 9.17) is 0 Å². The maximum absolute atomic E-state index is 9.58. The summed E-state index contributed by atoms with van der Waals surface area (Å²) in [5, 5.41) is 13.2. The number of hydrogen-bond acceptors (Lipinski definition) is 2. The molecule has 0 bridgehead atoms. The highest BCUT2D eigenvalue weighted by molar-refractivity contribution is 4.84. The predicted molar refractivity (Wildman–Crippen MR) is 53.6 cm³/mol. The van der Waals surface area contributed by atoms with Crippen molar-refractivity contribution in [3.63, 3.8) is 0 Å². The summed E-state index contributed by atoms with van der Waals surface area (Å²) in [5.74, 6) is 0.754. The first-order valence-electron chi connectivity index (χ1n) is 5.78. The van der Waals surface area contributed by atoms with Gasteiger partial charge in [-0.1, -0.05) is 12.8 Å². The van der Waals surface area contributed by atoms with Crippen LogP contribution in [-0.4, -0.2) is 23.8 Å². The summed E-state index contributed by atoms with van der Waals surface area (Å²) in [4.78, 5) is 0. The summed E-state index contributed by atoms with van der Waals surface area (Å²) in [6, 6.07) is 0.712. The van der Waals surface area contributed by atoms with Crippen molar-refractivity contribution in [1.29, 1.82) is 0 Å². The van der Waals surface area contributed by atoms with Crippen molar-refractivity contribution in [1.82, 2.24) is 5.32 Å². The normalized spacial score (nSPS) is 41.8. The van der Waals surface area contributed by atoms with Crippen LogP contribution in [0.2, 0.25) is 0 Å². The lowest BCUT2D eigenvalue weighted by Crippen LogP contribution is -2.42. The smallest absolute Gasteiger partial charge is 0.0543 e. The van der Waals surface area contributed by atoms with E-state index in [0.717, 1.165) is 18.8 Å².